The van der Waals surface area contributed by atoms with Crippen LogP contribution in [0.15, 0.2) is 12.1 Å². The lowest BCUT2D eigenvalue weighted by Gasteiger charge is -2.27. The Balaban J connectivity index is 2.01. The molecule has 1 aromatic rings. The lowest BCUT2D eigenvalue weighted by Crippen LogP contribution is -2.43. The number of aliphatic hydroxyl groups excluding tert-OH is 1. The minimum atomic E-state index is -0.263. The molecule has 1 aliphatic rings. The molecule has 1 amide bonds. The maximum atomic E-state index is 12.0. The van der Waals surface area contributed by atoms with Gasteiger partial charge in [-0.05, 0) is 12.1 Å². The van der Waals surface area contributed by atoms with Gasteiger partial charge >= 0.3 is 0 Å². The molecule has 1 heterocycles. The molecular weight excluding hydrogens is 305 g/mol. The third-order valence-corrected chi connectivity index (χ3v) is 3.46. The fourth-order valence-electron chi connectivity index (χ4n) is 1.93. The molecule has 7 heteroatoms. The van der Waals surface area contributed by atoms with E-state index in [9.17, 15) is 9.90 Å². The molecule has 20 heavy (non-hydrogen) atoms. The van der Waals surface area contributed by atoms with E-state index in [0.29, 0.717) is 42.6 Å². The molecule has 1 aromatic carbocycles. The van der Waals surface area contributed by atoms with E-state index in [4.69, 9.17) is 32.7 Å². The van der Waals surface area contributed by atoms with Crippen molar-refractivity contribution in [1.82, 2.24) is 4.90 Å². The van der Waals surface area contributed by atoms with Crippen LogP contribution >= 0.6 is 23.2 Å². The first-order valence-electron chi connectivity index (χ1n) is 6.19. The quantitative estimate of drug-likeness (QED) is 0.918. The number of morpholine rings is 1. The van der Waals surface area contributed by atoms with Gasteiger partial charge in [0.1, 0.15) is 5.75 Å². The second-order valence-corrected chi connectivity index (χ2v) is 5.16. The summed E-state index contributed by atoms with van der Waals surface area (Å²) in [7, 11) is 0. The summed E-state index contributed by atoms with van der Waals surface area (Å²) in [5.41, 5.74) is 0.456. The Bertz CT molecular complexity index is 490. The van der Waals surface area contributed by atoms with Crippen LogP contribution in [0.3, 0.4) is 0 Å². The first kappa shape index (κ1) is 15.4. The van der Waals surface area contributed by atoms with Crippen molar-refractivity contribution in [3.05, 3.63) is 27.7 Å². The van der Waals surface area contributed by atoms with Crippen molar-refractivity contribution in [2.75, 3.05) is 32.9 Å². The summed E-state index contributed by atoms with van der Waals surface area (Å²) < 4.78 is 10.6. The Morgan fingerprint density at radius 1 is 1.35 bits per heavy atom. The Kier molecular flexibility index (Phi) is 5.48. The van der Waals surface area contributed by atoms with Gasteiger partial charge in [0.25, 0.3) is 5.91 Å². The van der Waals surface area contributed by atoms with Crippen LogP contribution in [0.5, 0.6) is 5.75 Å². The highest BCUT2D eigenvalue weighted by Gasteiger charge is 2.18. The number of benzene rings is 1. The van der Waals surface area contributed by atoms with Crippen molar-refractivity contribution in [2.24, 2.45) is 0 Å². The predicted octanol–water partition coefficient (Wildman–Crippen LogP) is 1.72. The molecule has 1 fully saturated rings. The van der Waals surface area contributed by atoms with Crippen LogP contribution in [0.4, 0.5) is 0 Å². The standard InChI is InChI=1S/C13H15Cl2NO4/c14-10-5-9(7-17)13(11(15)6-10)20-8-12(18)16-1-3-19-4-2-16/h5-6,17H,1-4,7-8H2. The molecule has 5 nitrogen and oxygen atoms in total. The predicted molar refractivity (Wildman–Crippen MR) is 75.3 cm³/mol. The van der Waals surface area contributed by atoms with Gasteiger partial charge in [-0.15, -0.1) is 0 Å². The Morgan fingerprint density at radius 2 is 2.05 bits per heavy atom. The molecule has 0 aliphatic carbocycles. The molecule has 1 N–H and O–H groups in total. The van der Waals surface area contributed by atoms with Crippen molar-refractivity contribution < 1.29 is 19.4 Å². The summed E-state index contributed by atoms with van der Waals surface area (Å²) in [6.07, 6.45) is 0. The summed E-state index contributed by atoms with van der Waals surface area (Å²) >= 11 is 11.9. The average Bonchev–Trinajstić information content (AvgIpc) is 2.46. The molecular formula is C13H15Cl2NO4. The van der Waals surface area contributed by atoms with E-state index in [1.807, 2.05) is 0 Å². The number of hydrogen-bond acceptors (Lipinski definition) is 4. The van der Waals surface area contributed by atoms with Gasteiger partial charge in [-0.2, -0.15) is 0 Å². The number of hydrogen-bond donors (Lipinski definition) is 1. The van der Waals surface area contributed by atoms with Crippen LogP contribution in [0.1, 0.15) is 5.56 Å². The van der Waals surface area contributed by atoms with Crippen LogP contribution in [0, 0.1) is 0 Å². The average molecular weight is 320 g/mol. The number of halogens is 2. The van der Waals surface area contributed by atoms with Gasteiger partial charge in [0.2, 0.25) is 0 Å². The van der Waals surface area contributed by atoms with E-state index in [0.717, 1.165) is 0 Å². The van der Waals surface area contributed by atoms with Gasteiger partial charge in [-0.25, -0.2) is 0 Å². The molecule has 0 radical (unpaired) electrons. The largest absolute Gasteiger partial charge is 0.482 e. The summed E-state index contributed by atoms with van der Waals surface area (Å²) in [6.45, 7) is 1.80. The van der Waals surface area contributed by atoms with Crippen molar-refractivity contribution in [2.45, 2.75) is 6.61 Å². The van der Waals surface area contributed by atoms with Crippen LogP contribution in [-0.4, -0.2) is 48.8 Å². The highest BCUT2D eigenvalue weighted by Crippen LogP contribution is 2.32. The number of carbonyl (C=O) groups is 1. The summed E-state index contributed by atoms with van der Waals surface area (Å²) in [5, 5.41) is 9.95. The molecule has 0 saturated carbocycles. The second kappa shape index (κ2) is 7.13. The normalized spacial score (nSPS) is 15.2. The first-order valence-corrected chi connectivity index (χ1v) is 6.94. The van der Waals surface area contributed by atoms with E-state index in [2.05, 4.69) is 0 Å². The fourth-order valence-corrected chi connectivity index (χ4v) is 2.52. The molecule has 2 rings (SSSR count). The minimum Gasteiger partial charge on any atom is -0.482 e. The number of carbonyl (C=O) groups excluding carboxylic acids is 1. The number of aliphatic hydroxyl groups is 1. The van der Waals surface area contributed by atoms with E-state index < -0.39 is 0 Å². The van der Waals surface area contributed by atoms with Gasteiger partial charge in [0.15, 0.2) is 6.61 Å². The number of amides is 1. The molecule has 0 aromatic heterocycles. The minimum absolute atomic E-state index is 0.131. The lowest BCUT2D eigenvalue weighted by atomic mass is 10.2. The third kappa shape index (κ3) is 3.76. The van der Waals surface area contributed by atoms with Gasteiger partial charge in [0, 0.05) is 23.7 Å². The topological polar surface area (TPSA) is 59.0 Å². The summed E-state index contributed by atoms with van der Waals surface area (Å²) in [5.74, 6) is 0.156. The van der Waals surface area contributed by atoms with E-state index in [-0.39, 0.29) is 24.1 Å². The van der Waals surface area contributed by atoms with E-state index >= 15 is 0 Å². The zero-order chi connectivity index (χ0) is 14.5. The number of rotatable bonds is 4. The van der Waals surface area contributed by atoms with E-state index in [1.165, 1.54) is 6.07 Å². The Hall–Kier alpha value is -1.01. The van der Waals surface area contributed by atoms with Crippen LogP contribution in [0.25, 0.3) is 0 Å². The zero-order valence-corrected chi connectivity index (χ0v) is 12.3. The van der Waals surface area contributed by atoms with Crippen molar-refractivity contribution in [3.8, 4) is 5.75 Å². The van der Waals surface area contributed by atoms with Crippen LogP contribution in [0.2, 0.25) is 10.0 Å². The van der Waals surface area contributed by atoms with Crippen molar-refractivity contribution in [1.29, 1.82) is 0 Å². The van der Waals surface area contributed by atoms with Gasteiger partial charge in [-0.1, -0.05) is 23.2 Å². The van der Waals surface area contributed by atoms with Crippen LogP contribution < -0.4 is 4.74 Å². The second-order valence-electron chi connectivity index (χ2n) is 4.32. The van der Waals surface area contributed by atoms with Gasteiger partial charge in [-0.3, -0.25) is 4.79 Å². The molecule has 1 saturated heterocycles. The first-order chi connectivity index (χ1) is 9.61. The number of ether oxygens (including phenoxy) is 2. The van der Waals surface area contributed by atoms with Crippen LogP contribution in [-0.2, 0) is 16.1 Å². The highest BCUT2D eigenvalue weighted by atomic mass is 35.5. The van der Waals surface area contributed by atoms with Crippen molar-refractivity contribution >= 4 is 29.1 Å². The fraction of sp³-hybridized carbons (Fsp3) is 0.462. The molecule has 0 atom stereocenters. The monoisotopic (exact) mass is 319 g/mol. The van der Waals surface area contributed by atoms with Gasteiger partial charge in [0.05, 0.1) is 24.8 Å². The van der Waals surface area contributed by atoms with E-state index in [1.54, 1.807) is 11.0 Å². The maximum absolute atomic E-state index is 12.0. The molecule has 0 spiro atoms. The summed E-state index contributed by atoms with van der Waals surface area (Å²) in [6, 6.07) is 3.07. The maximum Gasteiger partial charge on any atom is 0.260 e. The summed E-state index contributed by atoms with van der Waals surface area (Å²) in [4.78, 5) is 13.6. The van der Waals surface area contributed by atoms with Crippen molar-refractivity contribution in [3.63, 3.8) is 0 Å². The SMILES string of the molecule is O=C(COc1c(Cl)cc(Cl)cc1CO)N1CCOCC1. The zero-order valence-electron chi connectivity index (χ0n) is 10.8. The Morgan fingerprint density at radius 3 is 2.70 bits per heavy atom. The van der Waals surface area contributed by atoms with Gasteiger partial charge < -0.3 is 19.5 Å². The molecule has 110 valence electrons. The third-order valence-electron chi connectivity index (χ3n) is 2.96. The smallest absolute Gasteiger partial charge is 0.260 e. The molecule has 1 aliphatic heterocycles. The lowest BCUT2D eigenvalue weighted by molar-refractivity contribution is -0.137. The Labute approximate surface area is 127 Å². The number of nitrogens with zero attached hydrogens (tertiary/aromatic N) is 1. The highest BCUT2D eigenvalue weighted by molar-refractivity contribution is 6.35. The molecule has 0 unspecified atom stereocenters. The molecule has 0 bridgehead atoms.